The van der Waals surface area contributed by atoms with E-state index >= 15 is 0 Å². The topological polar surface area (TPSA) is 72.5 Å². The van der Waals surface area contributed by atoms with Crippen LogP contribution in [0, 0.1) is 11.8 Å². The lowest BCUT2D eigenvalue weighted by molar-refractivity contribution is -0.310. The molecule has 5 unspecified atom stereocenters. The summed E-state index contributed by atoms with van der Waals surface area (Å²) in [5.41, 5.74) is -0.819. The molecule has 0 N–H and O–H groups in total. The van der Waals surface area contributed by atoms with E-state index in [-0.39, 0.29) is 24.3 Å². The number of carbonyl (C=O) groups excluding carboxylic acids is 1. The molecule has 0 amide bonds. The standard InChI is InChI=1S/C29H54O7/c1-7-11-15-32-21-24-25(33-16-12-8-2)26(34-17-13-9-3)27(35-18-14-10-4)29(36-24)20-22(5)19-23(29)28(30)31-6/h22-27H,7-21H2,1-6H3/t22-,23+,24?,25?,26?,27?,29?/m0/s1. The summed E-state index contributed by atoms with van der Waals surface area (Å²) in [4.78, 5) is 13.1. The predicted molar refractivity (Wildman–Crippen MR) is 141 cm³/mol. The SMILES string of the molecule is CCCCOCC1OC2(C[C@@H](C)C[C@@H]2C(=O)OC)C(OCCCC)C(OCCCC)C1OCCCC. The van der Waals surface area contributed by atoms with Crippen LogP contribution in [-0.2, 0) is 33.2 Å². The van der Waals surface area contributed by atoms with Crippen molar-refractivity contribution in [2.45, 2.75) is 129 Å². The van der Waals surface area contributed by atoms with Crippen molar-refractivity contribution in [2.24, 2.45) is 11.8 Å². The molecule has 2 aliphatic rings. The maximum atomic E-state index is 13.1. The zero-order chi connectivity index (χ0) is 26.4. The van der Waals surface area contributed by atoms with Crippen LogP contribution in [0.3, 0.4) is 0 Å². The van der Waals surface area contributed by atoms with E-state index in [9.17, 15) is 4.79 Å². The smallest absolute Gasteiger partial charge is 0.311 e. The van der Waals surface area contributed by atoms with Gasteiger partial charge in [-0.25, -0.2) is 0 Å². The lowest BCUT2D eigenvalue weighted by Gasteiger charge is -2.53. The average molecular weight is 515 g/mol. The Morgan fingerprint density at radius 1 is 0.833 bits per heavy atom. The molecule has 7 nitrogen and oxygen atoms in total. The number of hydrogen-bond acceptors (Lipinski definition) is 7. The van der Waals surface area contributed by atoms with Crippen molar-refractivity contribution in [1.29, 1.82) is 0 Å². The third-order valence-corrected chi connectivity index (χ3v) is 7.56. The summed E-state index contributed by atoms with van der Waals surface area (Å²) < 4.78 is 38.1. The van der Waals surface area contributed by atoms with Crippen molar-refractivity contribution in [2.75, 3.05) is 40.1 Å². The van der Waals surface area contributed by atoms with Crippen LogP contribution >= 0.6 is 0 Å². The van der Waals surface area contributed by atoms with Crippen LogP contribution in [0.5, 0.6) is 0 Å². The fraction of sp³-hybridized carbons (Fsp3) is 0.966. The van der Waals surface area contributed by atoms with E-state index in [2.05, 4.69) is 34.6 Å². The summed E-state index contributed by atoms with van der Waals surface area (Å²) in [6.07, 6.45) is 8.11. The van der Waals surface area contributed by atoms with Gasteiger partial charge in [-0.1, -0.05) is 60.3 Å². The Balaban J connectivity index is 2.47. The van der Waals surface area contributed by atoms with Crippen LogP contribution in [0.1, 0.15) is 98.8 Å². The molecule has 1 saturated heterocycles. The molecule has 1 heterocycles. The molecule has 1 saturated carbocycles. The molecule has 0 aromatic carbocycles. The molecule has 1 aliphatic heterocycles. The highest BCUT2D eigenvalue weighted by Gasteiger charge is 2.64. The number of ether oxygens (including phenoxy) is 6. The molecule has 1 aliphatic carbocycles. The van der Waals surface area contributed by atoms with E-state index in [4.69, 9.17) is 28.4 Å². The van der Waals surface area contributed by atoms with Crippen LogP contribution in [0.25, 0.3) is 0 Å². The molecule has 0 aromatic rings. The summed E-state index contributed by atoms with van der Waals surface area (Å²) in [6, 6.07) is 0. The summed E-state index contributed by atoms with van der Waals surface area (Å²) in [6.45, 7) is 13.8. The monoisotopic (exact) mass is 514 g/mol. The molecule has 2 fully saturated rings. The first-order valence-electron chi connectivity index (χ1n) is 14.7. The lowest BCUT2D eigenvalue weighted by atomic mass is 9.77. The van der Waals surface area contributed by atoms with Gasteiger partial charge in [0.1, 0.15) is 30.0 Å². The van der Waals surface area contributed by atoms with Gasteiger partial charge in [0, 0.05) is 26.4 Å². The van der Waals surface area contributed by atoms with Gasteiger partial charge in [0.2, 0.25) is 0 Å². The maximum absolute atomic E-state index is 13.1. The molecule has 0 aromatic heterocycles. The van der Waals surface area contributed by atoms with Gasteiger partial charge in [-0.05, 0) is 44.4 Å². The van der Waals surface area contributed by atoms with Gasteiger partial charge in [0.25, 0.3) is 0 Å². The molecule has 7 heteroatoms. The quantitative estimate of drug-likeness (QED) is 0.171. The zero-order valence-corrected chi connectivity index (χ0v) is 23.9. The van der Waals surface area contributed by atoms with Crippen molar-refractivity contribution >= 4 is 5.97 Å². The fourth-order valence-electron chi connectivity index (χ4n) is 5.61. The predicted octanol–water partition coefficient (Wildman–Crippen LogP) is 5.72. The molecular formula is C29H54O7. The Kier molecular flexibility index (Phi) is 14.8. The maximum Gasteiger partial charge on any atom is 0.311 e. The molecule has 0 radical (unpaired) electrons. The Hall–Kier alpha value is -0.730. The first kappa shape index (κ1) is 31.5. The van der Waals surface area contributed by atoms with E-state index in [1.54, 1.807) is 0 Å². The van der Waals surface area contributed by atoms with Crippen LogP contribution in [-0.4, -0.2) is 76.1 Å². The van der Waals surface area contributed by atoms with Crippen molar-refractivity contribution in [3.05, 3.63) is 0 Å². The Bertz CT molecular complexity index is 600. The van der Waals surface area contributed by atoms with Crippen molar-refractivity contribution < 1.29 is 33.2 Å². The molecule has 2 rings (SSSR count). The zero-order valence-electron chi connectivity index (χ0n) is 23.9. The van der Waals surface area contributed by atoms with Crippen LogP contribution in [0.4, 0.5) is 0 Å². The Morgan fingerprint density at radius 2 is 1.39 bits per heavy atom. The van der Waals surface area contributed by atoms with E-state index in [0.717, 1.165) is 57.8 Å². The van der Waals surface area contributed by atoms with Gasteiger partial charge < -0.3 is 28.4 Å². The van der Waals surface area contributed by atoms with Gasteiger partial charge in [0.15, 0.2) is 0 Å². The lowest BCUT2D eigenvalue weighted by Crippen LogP contribution is -2.69. The molecular weight excluding hydrogens is 460 g/mol. The third-order valence-electron chi connectivity index (χ3n) is 7.56. The molecule has 0 bridgehead atoms. The number of unbranched alkanes of at least 4 members (excludes halogenated alkanes) is 4. The highest BCUT2D eigenvalue weighted by Crippen LogP contribution is 2.51. The second kappa shape index (κ2) is 17.0. The highest BCUT2D eigenvalue weighted by molar-refractivity contribution is 5.74. The number of hydrogen-bond donors (Lipinski definition) is 0. The van der Waals surface area contributed by atoms with Crippen molar-refractivity contribution in [3.8, 4) is 0 Å². The number of methoxy groups -OCH3 is 1. The summed E-state index contributed by atoms with van der Waals surface area (Å²) in [5, 5.41) is 0. The first-order chi connectivity index (χ1) is 17.5. The van der Waals surface area contributed by atoms with Gasteiger partial charge in [-0.15, -0.1) is 0 Å². The van der Waals surface area contributed by atoms with E-state index < -0.39 is 17.6 Å². The first-order valence-corrected chi connectivity index (χ1v) is 14.7. The van der Waals surface area contributed by atoms with E-state index in [1.807, 2.05) is 0 Å². The number of rotatable bonds is 18. The normalized spacial score (nSPS) is 32.3. The minimum absolute atomic E-state index is 0.230. The average Bonchev–Trinajstić information content (AvgIpc) is 3.20. The minimum Gasteiger partial charge on any atom is -0.469 e. The fourth-order valence-corrected chi connectivity index (χ4v) is 5.61. The summed E-state index contributed by atoms with van der Waals surface area (Å²) in [5.74, 6) is -0.329. The van der Waals surface area contributed by atoms with E-state index in [0.29, 0.717) is 45.4 Å². The molecule has 212 valence electrons. The summed E-state index contributed by atoms with van der Waals surface area (Å²) >= 11 is 0. The molecule has 1 spiro atoms. The van der Waals surface area contributed by atoms with Gasteiger partial charge in [-0.3, -0.25) is 4.79 Å². The van der Waals surface area contributed by atoms with Gasteiger partial charge in [-0.2, -0.15) is 0 Å². The number of esters is 1. The second-order valence-electron chi connectivity index (χ2n) is 10.7. The summed E-state index contributed by atoms with van der Waals surface area (Å²) in [7, 11) is 1.46. The Morgan fingerprint density at radius 3 is 1.97 bits per heavy atom. The second-order valence-corrected chi connectivity index (χ2v) is 10.7. The van der Waals surface area contributed by atoms with Crippen LogP contribution in [0.2, 0.25) is 0 Å². The van der Waals surface area contributed by atoms with Gasteiger partial charge in [0.05, 0.1) is 19.6 Å². The number of carbonyl (C=O) groups is 1. The van der Waals surface area contributed by atoms with Crippen LogP contribution in [0.15, 0.2) is 0 Å². The third kappa shape index (κ3) is 8.39. The minimum atomic E-state index is -0.819. The van der Waals surface area contributed by atoms with Crippen LogP contribution < -0.4 is 0 Å². The van der Waals surface area contributed by atoms with E-state index in [1.165, 1.54) is 7.11 Å². The molecule has 36 heavy (non-hydrogen) atoms. The van der Waals surface area contributed by atoms with Gasteiger partial charge >= 0.3 is 5.97 Å². The largest absolute Gasteiger partial charge is 0.469 e. The Labute approximate surface area is 220 Å². The van der Waals surface area contributed by atoms with Crippen molar-refractivity contribution in [1.82, 2.24) is 0 Å². The molecule has 7 atom stereocenters. The van der Waals surface area contributed by atoms with Crippen molar-refractivity contribution in [3.63, 3.8) is 0 Å². The highest BCUT2D eigenvalue weighted by atomic mass is 16.6.